The number of carbonyl (C=O) groups is 1. The van der Waals surface area contributed by atoms with Crippen molar-refractivity contribution >= 4 is 21.7 Å². The largest absolute Gasteiger partial charge is 0.294 e. The van der Waals surface area contributed by atoms with Crippen LogP contribution >= 0.6 is 15.9 Å². The molecule has 3 nitrogen and oxygen atoms in total. The van der Waals surface area contributed by atoms with Gasteiger partial charge in [-0.25, -0.2) is 4.68 Å². The first kappa shape index (κ1) is 11.1. The highest BCUT2D eigenvalue weighted by Crippen LogP contribution is 2.20. The fourth-order valence-corrected chi connectivity index (χ4v) is 1.90. The molecule has 0 aliphatic rings. The fourth-order valence-electron chi connectivity index (χ4n) is 1.54. The van der Waals surface area contributed by atoms with Crippen LogP contribution in [0.2, 0.25) is 0 Å². The van der Waals surface area contributed by atoms with Crippen molar-refractivity contribution in [3.8, 4) is 5.69 Å². The summed E-state index contributed by atoms with van der Waals surface area (Å²) >= 11 is 3.36. The van der Waals surface area contributed by atoms with E-state index in [2.05, 4.69) is 21.0 Å². The lowest BCUT2D eigenvalue weighted by molar-refractivity contribution is 0.101. The molecule has 2 rings (SSSR count). The number of nitrogens with zero attached hydrogens (tertiary/aromatic N) is 2. The topological polar surface area (TPSA) is 34.9 Å². The second-order valence-corrected chi connectivity index (χ2v) is 4.54. The zero-order valence-corrected chi connectivity index (χ0v) is 10.7. The van der Waals surface area contributed by atoms with Crippen molar-refractivity contribution in [1.29, 1.82) is 0 Å². The van der Waals surface area contributed by atoms with Crippen molar-refractivity contribution in [3.05, 3.63) is 46.2 Å². The summed E-state index contributed by atoms with van der Waals surface area (Å²) in [5.41, 5.74) is 2.40. The lowest BCUT2D eigenvalue weighted by atomic mass is 10.1. The van der Waals surface area contributed by atoms with Crippen LogP contribution in [0.4, 0.5) is 0 Å². The summed E-state index contributed by atoms with van der Waals surface area (Å²) in [6.45, 7) is 3.48. The smallest absolute Gasteiger partial charge is 0.162 e. The second kappa shape index (κ2) is 4.22. The Hall–Kier alpha value is -1.42. The fraction of sp³-hybridized carbons (Fsp3) is 0.167. The standard InChI is InChI=1S/C12H11BrN2O/c1-8-5-6-15(14-8)12-4-3-10(13)7-11(12)9(2)16/h3-7H,1-2H3. The van der Waals surface area contributed by atoms with E-state index in [0.717, 1.165) is 15.9 Å². The van der Waals surface area contributed by atoms with Gasteiger partial charge >= 0.3 is 0 Å². The molecule has 0 saturated heterocycles. The van der Waals surface area contributed by atoms with Crippen molar-refractivity contribution in [3.63, 3.8) is 0 Å². The van der Waals surface area contributed by atoms with Gasteiger partial charge in [-0.2, -0.15) is 5.10 Å². The Bertz CT molecular complexity index is 546. The number of Topliss-reactive ketones (excluding diaryl/α,β-unsaturated/α-hetero) is 1. The van der Waals surface area contributed by atoms with Gasteiger partial charge in [0.25, 0.3) is 0 Å². The van der Waals surface area contributed by atoms with E-state index in [4.69, 9.17) is 0 Å². The van der Waals surface area contributed by atoms with Crippen LogP contribution in [-0.2, 0) is 0 Å². The molecule has 0 fully saturated rings. The molecule has 0 aliphatic carbocycles. The van der Waals surface area contributed by atoms with E-state index in [1.54, 1.807) is 11.6 Å². The maximum atomic E-state index is 11.5. The molecule has 4 heteroatoms. The molecule has 82 valence electrons. The maximum absolute atomic E-state index is 11.5. The summed E-state index contributed by atoms with van der Waals surface area (Å²) in [6.07, 6.45) is 1.85. The normalized spacial score (nSPS) is 10.4. The van der Waals surface area contributed by atoms with Crippen molar-refractivity contribution in [2.75, 3.05) is 0 Å². The third kappa shape index (κ3) is 2.07. The van der Waals surface area contributed by atoms with Crippen LogP contribution in [0, 0.1) is 6.92 Å². The van der Waals surface area contributed by atoms with E-state index in [-0.39, 0.29) is 5.78 Å². The summed E-state index contributed by atoms with van der Waals surface area (Å²) in [7, 11) is 0. The van der Waals surface area contributed by atoms with Crippen LogP contribution in [0.1, 0.15) is 23.0 Å². The Morgan fingerprint density at radius 2 is 2.12 bits per heavy atom. The van der Waals surface area contributed by atoms with Crippen LogP contribution in [0.5, 0.6) is 0 Å². The van der Waals surface area contributed by atoms with Crippen LogP contribution < -0.4 is 0 Å². The lowest BCUT2D eigenvalue weighted by Crippen LogP contribution is -2.04. The molecule has 0 spiro atoms. The van der Waals surface area contributed by atoms with Crippen LogP contribution in [0.3, 0.4) is 0 Å². The molecular formula is C12H11BrN2O. The lowest BCUT2D eigenvalue weighted by Gasteiger charge is -2.07. The Morgan fingerprint density at radius 1 is 1.38 bits per heavy atom. The van der Waals surface area contributed by atoms with Gasteiger partial charge in [0, 0.05) is 16.2 Å². The molecule has 0 radical (unpaired) electrons. The minimum atomic E-state index is 0.0319. The van der Waals surface area contributed by atoms with Gasteiger partial charge in [0.2, 0.25) is 0 Å². The van der Waals surface area contributed by atoms with Gasteiger partial charge in [-0.1, -0.05) is 15.9 Å². The SMILES string of the molecule is CC(=O)c1cc(Br)ccc1-n1ccc(C)n1. The minimum absolute atomic E-state index is 0.0319. The van der Waals surface area contributed by atoms with Crippen molar-refractivity contribution < 1.29 is 4.79 Å². The monoisotopic (exact) mass is 278 g/mol. The Labute approximate surface area is 102 Å². The average Bonchev–Trinajstić information content (AvgIpc) is 2.64. The number of hydrogen-bond donors (Lipinski definition) is 0. The van der Waals surface area contributed by atoms with Gasteiger partial charge in [-0.05, 0) is 38.1 Å². The highest BCUT2D eigenvalue weighted by atomic mass is 79.9. The van der Waals surface area contributed by atoms with Crippen molar-refractivity contribution in [1.82, 2.24) is 9.78 Å². The van der Waals surface area contributed by atoms with Gasteiger partial charge in [-0.15, -0.1) is 0 Å². The Balaban J connectivity index is 2.60. The molecule has 0 amide bonds. The van der Waals surface area contributed by atoms with Gasteiger partial charge in [0.1, 0.15) is 0 Å². The first-order valence-electron chi connectivity index (χ1n) is 4.91. The molecule has 0 atom stereocenters. The van der Waals surface area contributed by atoms with E-state index in [1.165, 1.54) is 0 Å². The van der Waals surface area contributed by atoms with Gasteiger partial charge in [0.05, 0.1) is 11.4 Å². The van der Waals surface area contributed by atoms with Crippen LogP contribution in [0.15, 0.2) is 34.9 Å². The Kier molecular flexibility index (Phi) is 2.92. The molecule has 2 aromatic rings. The Morgan fingerprint density at radius 3 is 2.69 bits per heavy atom. The van der Waals surface area contributed by atoms with E-state index >= 15 is 0 Å². The maximum Gasteiger partial charge on any atom is 0.162 e. The van der Waals surface area contributed by atoms with Crippen molar-refractivity contribution in [2.45, 2.75) is 13.8 Å². The highest BCUT2D eigenvalue weighted by molar-refractivity contribution is 9.10. The number of halogens is 1. The summed E-state index contributed by atoms with van der Waals surface area (Å²) in [4.78, 5) is 11.5. The van der Waals surface area contributed by atoms with Gasteiger partial charge in [-0.3, -0.25) is 4.79 Å². The molecule has 0 bridgehead atoms. The number of benzene rings is 1. The molecular weight excluding hydrogens is 268 g/mol. The number of aromatic nitrogens is 2. The quantitative estimate of drug-likeness (QED) is 0.791. The number of carbonyl (C=O) groups excluding carboxylic acids is 1. The third-order valence-electron chi connectivity index (χ3n) is 2.31. The number of hydrogen-bond acceptors (Lipinski definition) is 2. The van der Waals surface area contributed by atoms with Gasteiger partial charge < -0.3 is 0 Å². The first-order valence-corrected chi connectivity index (χ1v) is 5.70. The third-order valence-corrected chi connectivity index (χ3v) is 2.80. The molecule has 1 aromatic heterocycles. The summed E-state index contributed by atoms with van der Waals surface area (Å²) in [5, 5.41) is 4.30. The molecule has 0 unspecified atom stereocenters. The molecule has 1 heterocycles. The molecule has 0 aliphatic heterocycles. The van der Waals surface area contributed by atoms with Crippen LogP contribution in [0.25, 0.3) is 5.69 Å². The molecule has 0 saturated carbocycles. The van der Waals surface area contributed by atoms with Crippen LogP contribution in [-0.4, -0.2) is 15.6 Å². The molecule has 0 N–H and O–H groups in total. The average molecular weight is 279 g/mol. The van der Waals surface area contributed by atoms with E-state index < -0.39 is 0 Å². The van der Waals surface area contributed by atoms with E-state index in [0.29, 0.717) is 5.56 Å². The number of aryl methyl sites for hydroxylation is 1. The van der Waals surface area contributed by atoms with Crippen molar-refractivity contribution in [2.24, 2.45) is 0 Å². The minimum Gasteiger partial charge on any atom is -0.294 e. The number of ketones is 1. The van der Waals surface area contributed by atoms with E-state index in [1.807, 2.05) is 37.4 Å². The predicted octanol–water partition coefficient (Wildman–Crippen LogP) is 3.15. The first-order chi connectivity index (χ1) is 7.58. The highest BCUT2D eigenvalue weighted by Gasteiger charge is 2.10. The number of rotatable bonds is 2. The molecule has 1 aromatic carbocycles. The zero-order chi connectivity index (χ0) is 11.7. The summed E-state index contributed by atoms with van der Waals surface area (Å²) in [5.74, 6) is 0.0319. The second-order valence-electron chi connectivity index (χ2n) is 3.62. The van der Waals surface area contributed by atoms with Gasteiger partial charge in [0.15, 0.2) is 5.78 Å². The summed E-state index contributed by atoms with van der Waals surface area (Å²) in [6, 6.07) is 7.51. The van der Waals surface area contributed by atoms with E-state index in [9.17, 15) is 4.79 Å². The summed E-state index contributed by atoms with van der Waals surface area (Å²) < 4.78 is 2.61. The zero-order valence-electron chi connectivity index (χ0n) is 9.07. The molecule has 16 heavy (non-hydrogen) atoms. The predicted molar refractivity (Wildman–Crippen MR) is 66.0 cm³/mol.